The number of amidine groups is 1. The molecule has 1 aliphatic heterocycles. The van der Waals surface area contributed by atoms with Crippen molar-refractivity contribution >= 4 is 39.5 Å². The van der Waals surface area contributed by atoms with E-state index in [1.165, 1.54) is 13.2 Å². The summed E-state index contributed by atoms with van der Waals surface area (Å²) in [7, 11) is 1.40. The number of rotatable bonds is 1. The van der Waals surface area contributed by atoms with E-state index in [0.717, 1.165) is 16.6 Å². The lowest BCUT2D eigenvalue weighted by molar-refractivity contribution is -0.176. The second-order valence-electron chi connectivity index (χ2n) is 3.57. The first-order valence-corrected chi connectivity index (χ1v) is 7.19. The highest BCUT2D eigenvalue weighted by atomic mass is 127. The molecule has 0 saturated heterocycles. The highest BCUT2D eigenvalue weighted by Gasteiger charge is 2.62. The van der Waals surface area contributed by atoms with Crippen molar-refractivity contribution < 1.29 is 13.2 Å². The molecule has 0 radical (unpaired) electrons. The van der Waals surface area contributed by atoms with Gasteiger partial charge in [0.15, 0.2) is 5.17 Å². The molecule has 2 heterocycles. The highest BCUT2D eigenvalue weighted by Crippen LogP contribution is 2.49. The third-order valence-electron chi connectivity index (χ3n) is 2.37. The number of halogens is 4. The molecule has 1 unspecified atom stereocenters. The van der Waals surface area contributed by atoms with Crippen LogP contribution in [0.2, 0.25) is 0 Å². The largest absolute Gasteiger partial charge is 0.425 e. The zero-order chi connectivity index (χ0) is 14.3. The number of aromatic nitrogens is 4. The maximum atomic E-state index is 13.5. The van der Waals surface area contributed by atoms with E-state index in [4.69, 9.17) is 0 Å². The van der Waals surface area contributed by atoms with Crippen molar-refractivity contribution in [2.75, 3.05) is 6.26 Å². The van der Waals surface area contributed by atoms with Crippen LogP contribution in [0.5, 0.6) is 0 Å². The molecule has 1 atom stereocenters. The van der Waals surface area contributed by atoms with Gasteiger partial charge in [0.1, 0.15) is 0 Å². The highest BCUT2D eigenvalue weighted by molar-refractivity contribution is 14.1. The Morgan fingerprint density at radius 2 is 2.16 bits per heavy atom. The molecule has 104 valence electrons. The minimum absolute atomic E-state index is 0.0663. The molecular weight excluding hydrogens is 396 g/mol. The minimum Gasteiger partial charge on any atom is -0.341 e. The van der Waals surface area contributed by atoms with Gasteiger partial charge in [0.2, 0.25) is 5.82 Å². The zero-order valence-corrected chi connectivity index (χ0v) is 12.7. The number of aryl methyl sites for hydroxylation is 1. The molecule has 0 fully saturated rings. The first-order chi connectivity index (χ1) is 8.81. The fraction of sp³-hybridized carbons (Fsp3) is 0.500. The van der Waals surface area contributed by atoms with Crippen LogP contribution in [0.1, 0.15) is 5.82 Å². The molecule has 11 heteroatoms. The van der Waals surface area contributed by atoms with Crippen LogP contribution in [0.15, 0.2) is 14.8 Å². The zero-order valence-electron chi connectivity index (χ0n) is 9.73. The summed E-state index contributed by atoms with van der Waals surface area (Å²) in [5, 5.41) is 13.5. The summed E-state index contributed by atoms with van der Waals surface area (Å²) >= 11 is 2.66. The lowest BCUT2D eigenvalue weighted by Gasteiger charge is -2.32. The van der Waals surface area contributed by atoms with E-state index in [0.29, 0.717) is 0 Å². The van der Waals surface area contributed by atoms with E-state index in [9.17, 15) is 13.2 Å². The molecule has 19 heavy (non-hydrogen) atoms. The smallest absolute Gasteiger partial charge is 0.341 e. The Morgan fingerprint density at radius 1 is 1.47 bits per heavy atom. The monoisotopic (exact) mass is 404 g/mol. The summed E-state index contributed by atoms with van der Waals surface area (Å²) < 4.78 is 40.6. The summed E-state index contributed by atoms with van der Waals surface area (Å²) in [6.45, 7) is 0. The van der Waals surface area contributed by atoms with Crippen LogP contribution in [0.25, 0.3) is 0 Å². The van der Waals surface area contributed by atoms with Gasteiger partial charge in [0.05, 0.1) is 10.6 Å². The van der Waals surface area contributed by atoms with Crippen LogP contribution < -0.4 is 5.32 Å². The lowest BCUT2D eigenvalue weighted by Crippen LogP contribution is -2.46. The van der Waals surface area contributed by atoms with Gasteiger partial charge >= 0.3 is 6.18 Å². The Balaban J connectivity index is 2.67. The number of nitrogens with one attached hydrogen (secondary N) is 1. The first kappa shape index (κ1) is 14.6. The third-order valence-corrected chi connectivity index (χ3v) is 4.06. The van der Waals surface area contributed by atoms with Gasteiger partial charge in [0.25, 0.3) is 5.54 Å². The van der Waals surface area contributed by atoms with Gasteiger partial charge in [-0.25, -0.2) is 4.99 Å². The molecule has 0 saturated carbocycles. The fourth-order valence-corrected chi connectivity index (χ4v) is 2.71. The van der Waals surface area contributed by atoms with Crippen molar-refractivity contribution in [3.63, 3.8) is 0 Å². The molecule has 0 spiro atoms. The standard InChI is InChI=1S/C8H8F3IN6S/c1-18-16-5(15-17-18)7(8(9,10)11)4(12)3-13-6(14-7)19-2/h3H,1-2H3,(H,13,14). The van der Waals surface area contributed by atoms with Crippen molar-refractivity contribution in [3.05, 3.63) is 15.6 Å². The molecule has 0 aliphatic carbocycles. The normalized spacial score (nSPS) is 23.7. The Morgan fingerprint density at radius 3 is 2.63 bits per heavy atom. The van der Waals surface area contributed by atoms with Gasteiger partial charge in [-0.15, -0.1) is 10.2 Å². The molecule has 6 nitrogen and oxygen atoms in total. The predicted octanol–water partition coefficient (Wildman–Crippen LogP) is 1.57. The fourth-order valence-electron chi connectivity index (χ4n) is 1.48. The predicted molar refractivity (Wildman–Crippen MR) is 72.7 cm³/mol. The second-order valence-corrected chi connectivity index (χ2v) is 5.53. The van der Waals surface area contributed by atoms with Gasteiger partial charge in [-0.1, -0.05) is 11.8 Å². The molecule has 1 aliphatic rings. The van der Waals surface area contributed by atoms with Gasteiger partial charge in [-0.3, -0.25) is 0 Å². The Labute approximate surface area is 124 Å². The maximum absolute atomic E-state index is 13.5. The number of hydrogen-bond donors (Lipinski definition) is 1. The Bertz CT molecular complexity index is 553. The van der Waals surface area contributed by atoms with E-state index in [2.05, 4.69) is 25.7 Å². The molecular formula is C8H8F3IN6S. The molecule has 0 amide bonds. The molecule has 2 rings (SSSR count). The van der Waals surface area contributed by atoms with Crippen molar-refractivity contribution in [2.24, 2.45) is 12.0 Å². The molecule has 0 aromatic carbocycles. The van der Waals surface area contributed by atoms with Gasteiger partial charge in [-0.05, 0) is 34.1 Å². The maximum Gasteiger partial charge on any atom is 0.425 e. The summed E-state index contributed by atoms with van der Waals surface area (Å²) in [5.74, 6) is -0.490. The lowest BCUT2D eigenvalue weighted by atomic mass is 9.98. The summed E-state index contributed by atoms with van der Waals surface area (Å²) in [5.41, 5.74) is -2.59. The SMILES string of the molecule is CSC1=NC(c2nnn(C)n2)(C(F)(F)F)C(I)=CN1. The van der Waals surface area contributed by atoms with E-state index in [-0.39, 0.29) is 8.75 Å². The second kappa shape index (κ2) is 4.92. The third kappa shape index (κ3) is 2.32. The minimum atomic E-state index is -4.66. The molecule has 1 aromatic rings. The van der Waals surface area contributed by atoms with E-state index in [1.54, 1.807) is 28.8 Å². The van der Waals surface area contributed by atoms with Crippen LogP contribution >= 0.6 is 34.4 Å². The Kier molecular flexibility index (Phi) is 3.77. The number of thioether (sulfide) groups is 1. The number of nitrogens with zero attached hydrogens (tertiary/aromatic N) is 5. The first-order valence-electron chi connectivity index (χ1n) is 4.89. The van der Waals surface area contributed by atoms with Crippen LogP contribution in [0.4, 0.5) is 13.2 Å². The van der Waals surface area contributed by atoms with Crippen molar-refractivity contribution in [1.82, 2.24) is 25.5 Å². The molecule has 1 aromatic heterocycles. The van der Waals surface area contributed by atoms with Gasteiger partial charge in [-0.2, -0.15) is 18.0 Å². The van der Waals surface area contributed by atoms with Crippen molar-refractivity contribution in [3.8, 4) is 0 Å². The van der Waals surface area contributed by atoms with E-state index >= 15 is 0 Å². The van der Waals surface area contributed by atoms with E-state index in [1.807, 2.05) is 0 Å². The summed E-state index contributed by atoms with van der Waals surface area (Å²) in [6, 6.07) is 0. The van der Waals surface area contributed by atoms with E-state index < -0.39 is 17.5 Å². The van der Waals surface area contributed by atoms with Crippen LogP contribution in [-0.2, 0) is 12.6 Å². The van der Waals surface area contributed by atoms with Crippen molar-refractivity contribution in [2.45, 2.75) is 11.7 Å². The quantitative estimate of drug-likeness (QED) is 0.720. The van der Waals surface area contributed by atoms with Crippen molar-refractivity contribution in [1.29, 1.82) is 0 Å². The number of tetrazole rings is 1. The topological polar surface area (TPSA) is 68.0 Å². The van der Waals surface area contributed by atoms with Crippen LogP contribution in [-0.4, -0.2) is 37.8 Å². The summed E-state index contributed by atoms with van der Waals surface area (Å²) in [6.07, 6.45) is -1.78. The van der Waals surface area contributed by atoms with Crippen LogP contribution in [0, 0.1) is 0 Å². The van der Waals surface area contributed by atoms with Crippen LogP contribution in [0.3, 0.4) is 0 Å². The van der Waals surface area contributed by atoms with Gasteiger partial charge < -0.3 is 5.32 Å². The average Bonchev–Trinajstić information content (AvgIpc) is 2.75. The Hall–Kier alpha value is -0.850. The number of hydrogen-bond acceptors (Lipinski definition) is 6. The van der Waals surface area contributed by atoms with Gasteiger partial charge in [0, 0.05) is 6.20 Å². The summed E-state index contributed by atoms with van der Waals surface area (Å²) in [4.78, 5) is 4.73. The molecule has 0 bridgehead atoms. The number of alkyl halides is 3. The average molecular weight is 404 g/mol. The molecule has 1 N–H and O–H groups in total. The number of aliphatic imine (C=N–C) groups is 1.